The molecule has 0 unspecified atom stereocenters. The van der Waals surface area contributed by atoms with Gasteiger partial charge in [0.1, 0.15) is 4.90 Å². The molecule has 1 rings (SSSR count). The summed E-state index contributed by atoms with van der Waals surface area (Å²) in [5.41, 5.74) is -0.656. The molecule has 0 aliphatic heterocycles. The number of benzene rings is 1. The monoisotopic (exact) mass is 280 g/mol. The van der Waals surface area contributed by atoms with Crippen molar-refractivity contribution in [2.45, 2.75) is 11.3 Å². The first-order valence-electron chi connectivity index (χ1n) is 4.85. The highest BCUT2D eigenvalue weighted by Gasteiger charge is 2.24. The average Bonchev–Trinajstić information content (AvgIpc) is 2.29. The lowest BCUT2D eigenvalue weighted by atomic mass is 10.2. The molecule has 18 heavy (non-hydrogen) atoms. The minimum Gasteiger partial charge on any atom is -0.478 e. The Labute approximate surface area is 102 Å². The van der Waals surface area contributed by atoms with Crippen molar-refractivity contribution in [3.63, 3.8) is 0 Å². The molecular formula is C10H10F2O5S. The van der Waals surface area contributed by atoms with Gasteiger partial charge in [-0.05, 0) is 18.6 Å². The summed E-state index contributed by atoms with van der Waals surface area (Å²) in [6.07, 6.45) is -0.152. The fourth-order valence-electron chi connectivity index (χ4n) is 1.28. The van der Waals surface area contributed by atoms with Gasteiger partial charge in [-0.15, -0.1) is 0 Å². The topological polar surface area (TPSA) is 91.7 Å². The predicted molar refractivity (Wildman–Crippen MR) is 57.1 cm³/mol. The van der Waals surface area contributed by atoms with Gasteiger partial charge in [0.15, 0.2) is 21.5 Å². The van der Waals surface area contributed by atoms with Crippen molar-refractivity contribution in [1.29, 1.82) is 0 Å². The minimum atomic E-state index is -4.17. The van der Waals surface area contributed by atoms with E-state index in [-0.39, 0.29) is 6.42 Å². The first-order valence-corrected chi connectivity index (χ1v) is 6.51. The van der Waals surface area contributed by atoms with Crippen LogP contribution in [0, 0.1) is 11.6 Å². The second-order valence-electron chi connectivity index (χ2n) is 3.47. The van der Waals surface area contributed by atoms with E-state index < -0.39 is 50.3 Å². The number of carboxylic acids is 1. The molecule has 0 aliphatic rings. The maximum Gasteiger partial charge on any atom is 0.335 e. The molecule has 1 aromatic carbocycles. The number of aliphatic hydroxyl groups excluding tert-OH is 1. The summed E-state index contributed by atoms with van der Waals surface area (Å²) in [7, 11) is -4.17. The van der Waals surface area contributed by atoms with Crippen LogP contribution in [0.25, 0.3) is 0 Å². The van der Waals surface area contributed by atoms with Crippen LogP contribution in [0.2, 0.25) is 0 Å². The van der Waals surface area contributed by atoms with Crippen LogP contribution in [0.15, 0.2) is 17.0 Å². The summed E-state index contributed by atoms with van der Waals surface area (Å²) in [6.45, 7) is -0.429. The van der Waals surface area contributed by atoms with Crippen LogP contribution in [0.5, 0.6) is 0 Å². The molecule has 0 saturated carbocycles. The average molecular weight is 280 g/mol. The molecule has 0 spiro atoms. The zero-order valence-corrected chi connectivity index (χ0v) is 9.88. The summed E-state index contributed by atoms with van der Waals surface area (Å²) in [6, 6.07) is 0.968. The van der Waals surface area contributed by atoms with E-state index in [1.54, 1.807) is 0 Å². The Balaban J connectivity index is 3.35. The van der Waals surface area contributed by atoms with Crippen LogP contribution >= 0.6 is 0 Å². The number of rotatable bonds is 5. The minimum absolute atomic E-state index is 0.152. The van der Waals surface area contributed by atoms with Gasteiger partial charge in [-0.2, -0.15) is 0 Å². The van der Waals surface area contributed by atoms with Gasteiger partial charge in [0.25, 0.3) is 0 Å². The van der Waals surface area contributed by atoms with E-state index in [2.05, 4.69) is 0 Å². The normalized spacial score (nSPS) is 11.5. The van der Waals surface area contributed by atoms with Gasteiger partial charge in [-0.1, -0.05) is 0 Å². The SMILES string of the molecule is O=C(O)c1cc(F)c(F)c(S(=O)(=O)CCCO)c1. The van der Waals surface area contributed by atoms with E-state index in [1.165, 1.54) is 0 Å². The van der Waals surface area contributed by atoms with Crippen molar-refractivity contribution >= 4 is 15.8 Å². The first-order chi connectivity index (χ1) is 8.29. The fourth-order valence-corrected chi connectivity index (χ4v) is 2.68. The first kappa shape index (κ1) is 14.5. The molecule has 8 heteroatoms. The highest BCUT2D eigenvalue weighted by atomic mass is 32.2. The Bertz CT molecular complexity index is 568. The Morgan fingerprint density at radius 3 is 2.39 bits per heavy atom. The van der Waals surface area contributed by atoms with E-state index in [0.29, 0.717) is 12.1 Å². The highest BCUT2D eigenvalue weighted by Crippen LogP contribution is 2.21. The third kappa shape index (κ3) is 3.02. The van der Waals surface area contributed by atoms with Crippen LogP contribution in [0.3, 0.4) is 0 Å². The molecule has 0 saturated heterocycles. The van der Waals surface area contributed by atoms with Gasteiger partial charge in [0.2, 0.25) is 0 Å². The van der Waals surface area contributed by atoms with E-state index >= 15 is 0 Å². The van der Waals surface area contributed by atoms with Crippen LogP contribution < -0.4 is 0 Å². The highest BCUT2D eigenvalue weighted by molar-refractivity contribution is 7.91. The predicted octanol–water partition coefficient (Wildman–Crippen LogP) is 0.819. The van der Waals surface area contributed by atoms with Gasteiger partial charge in [0.05, 0.1) is 11.3 Å². The molecule has 0 aliphatic carbocycles. The molecule has 0 bridgehead atoms. The van der Waals surface area contributed by atoms with Gasteiger partial charge in [-0.3, -0.25) is 0 Å². The van der Waals surface area contributed by atoms with Crippen molar-refractivity contribution < 1.29 is 32.2 Å². The number of carbonyl (C=O) groups is 1. The molecule has 1 aromatic rings. The third-order valence-electron chi connectivity index (χ3n) is 2.15. The summed E-state index contributed by atoms with van der Waals surface area (Å²) in [5.74, 6) is -5.31. The van der Waals surface area contributed by atoms with E-state index in [0.717, 1.165) is 0 Å². The van der Waals surface area contributed by atoms with Crippen molar-refractivity contribution in [3.05, 3.63) is 29.3 Å². The van der Waals surface area contributed by atoms with Crippen molar-refractivity contribution in [3.8, 4) is 0 Å². The van der Waals surface area contributed by atoms with Crippen LogP contribution in [0.4, 0.5) is 8.78 Å². The van der Waals surface area contributed by atoms with Crippen LogP contribution in [-0.2, 0) is 9.84 Å². The lowest BCUT2D eigenvalue weighted by Crippen LogP contribution is -2.13. The van der Waals surface area contributed by atoms with Crippen LogP contribution in [-0.4, -0.2) is 37.0 Å². The summed E-state index contributed by atoms with van der Waals surface area (Å²) >= 11 is 0. The largest absolute Gasteiger partial charge is 0.478 e. The lowest BCUT2D eigenvalue weighted by molar-refractivity contribution is 0.0696. The van der Waals surface area contributed by atoms with Crippen molar-refractivity contribution in [1.82, 2.24) is 0 Å². The molecule has 0 atom stereocenters. The standard InChI is InChI=1S/C10H10F2O5S/c11-7-4-6(10(14)15)5-8(9(7)12)18(16,17)3-1-2-13/h4-5,13H,1-3H2,(H,14,15). The molecule has 100 valence electrons. The lowest BCUT2D eigenvalue weighted by Gasteiger charge is -2.07. The molecule has 2 N–H and O–H groups in total. The summed E-state index contributed by atoms with van der Waals surface area (Å²) in [5, 5.41) is 17.2. The quantitative estimate of drug-likeness (QED) is 0.833. The van der Waals surface area contributed by atoms with Gasteiger partial charge >= 0.3 is 5.97 Å². The molecular weight excluding hydrogens is 270 g/mol. The van der Waals surface area contributed by atoms with Gasteiger partial charge in [-0.25, -0.2) is 22.0 Å². The van der Waals surface area contributed by atoms with Crippen molar-refractivity contribution in [2.24, 2.45) is 0 Å². The molecule has 0 heterocycles. The Morgan fingerprint density at radius 1 is 1.28 bits per heavy atom. The zero-order valence-electron chi connectivity index (χ0n) is 9.06. The maximum atomic E-state index is 13.4. The summed E-state index contributed by atoms with van der Waals surface area (Å²) < 4.78 is 49.7. The molecule has 0 aromatic heterocycles. The number of sulfone groups is 1. The number of halogens is 2. The van der Waals surface area contributed by atoms with Crippen molar-refractivity contribution in [2.75, 3.05) is 12.4 Å². The van der Waals surface area contributed by atoms with Gasteiger partial charge < -0.3 is 10.2 Å². The van der Waals surface area contributed by atoms with E-state index in [9.17, 15) is 22.0 Å². The Morgan fingerprint density at radius 2 is 1.89 bits per heavy atom. The smallest absolute Gasteiger partial charge is 0.335 e. The third-order valence-corrected chi connectivity index (χ3v) is 3.94. The van der Waals surface area contributed by atoms with Gasteiger partial charge in [0, 0.05) is 6.61 Å². The molecule has 0 radical (unpaired) electrons. The van der Waals surface area contributed by atoms with E-state index in [1.807, 2.05) is 0 Å². The maximum absolute atomic E-state index is 13.4. The second kappa shape index (κ2) is 5.40. The molecule has 5 nitrogen and oxygen atoms in total. The number of hydrogen-bond acceptors (Lipinski definition) is 4. The second-order valence-corrected chi connectivity index (χ2v) is 5.55. The van der Waals surface area contributed by atoms with E-state index in [4.69, 9.17) is 10.2 Å². The number of aliphatic hydroxyl groups is 1. The van der Waals surface area contributed by atoms with Crippen LogP contribution in [0.1, 0.15) is 16.8 Å². The number of aromatic carboxylic acids is 1. The number of carboxylic acid groups (broad SMARTS) is 1. The molecule has 0 fully saturated rings. The zero-order chi connectivity index (χ0) is 13.9. The Hall–Kier alpha value is -1.54. The number of hydrogen-bond donors (Lipinski definition) is 2. The Kier molecular flexibility index (Phi) is 4.36. The summed E-state index contributed by atoms with van der Waals surface area (Å²) in [4.78, 5) is 9.63. The molecule has 0 amide bonds. The fraction of sp³-hybridized carbons (Fsp3) is 0.300.